The van der Waals surface area contributed by atoms with Crippen molar-refractivity contribution in [1.29, 1.82) is 0 Å². The Morgan fingerprint density at radius 2 is 1.65 bits per heavy atom. The van der Waals surface area contributed by atoms with E-state index in [0.717, 1.165) is 16.7 Å². The fourth-order valence-corrected chi connectivity index (χ4v) is 2.59. The van der Waals surface area contributed by atoms with Crippen LogP contribution in [-0.4, -0.2) is 24.6 Å². The van der Waals surface area contributed by atoms with Gasteiger partial charge in [-0.1, -0.05) is 17.7 Å². The summed E-state index contributed by atoms with van der Waals surface area (Å²) in [5, 5.41) is 2.55. The van der Waals surface area contributed by atoms with E-state index in [4.69, 9.17) is 9.47 Å². The Kier molecular flexibility index (Phi) is 6.33. The third kappa shape index (κ3) is 5.31. The topological polar surface area (TPSA) is 64.6 Å². The van der Waals surface area contributed by atoms with Gasteiger partial charge in [-0.2, -0.15) is 0 Å². The Morgan fingerprint density at radius 3 is 2.23 bits per heavy atom. The van der Waals surface area contributed by atoms with Gasteiger partial charge < -0.3 is 14.8 Å². The second kappa shape index (κ2) is 8.47. The van der Waals surface area contributed by atoms with Crippen molar-refractivity contribution < 1.29 is 23.5 Å². The van der Waals surface area contributed by atoms with Gasteiger partial charge in [-0.05, 0) is 63.1 Å². The smallest absolute Gasteiger partial charge is 0.344 e. The third-order valence-electron chi connectivity index (χ3n) is 3.73. The summed E-state index contributed by atoms with van der Waals surface area (Å²) < 4.78 is 23.5. The average molecular weight is 359 g/mol. The van der Waals surface area contributed by atoms with E-state index in [0.29, 0.717) is 11.4 Å². The predicted octanol–water partition coefficient (Wildman–Crippen LogP) is 3.70. The maximum atomic E-state index is 12.9. The molecule has 0 unspecified atom stereocenters. The molecule has 138 valence electrons. The van der Waals surface area contributed by atoms with Gasteiger partial charge in [0.15, 0.2) is 12.7 Å². The Balaban J connectivity index is 1.87. The van der Waals surface area contributed by atoms with Crippen LogP contribution in [0.4, 0.5) is 10.1 Å². The van der Waals surface area contributed by atoms with Crippen LogP contribution in [-0.2, 0) is 14.3 Å². The summed E-state index contributed by atoms with van der Waals surface area (Å²) in [4.78, 5) is 24.0. The van der Waals surface area contributed by atoms with Gasteiger partial charge in [0.1, 0.15) is 11.6 Å². The number of amides is 1. The lowest BCUT2D eigenvalue weighted by molar-refractivity contribution is -0.155. The number of halogens is 1. The zero-order valence-corrected chi connectivity index (χ0v) is 15.3. The summed E-state index contributed by atoms with van der Waals surface area (Å²) in [5.41, 5.74) is 3.39. The normalized spacial score (nSPS) is 11.6. The summed E-state index contributed by atoms with van der Waals surface area (Å²) in [6, 6.07) is 9.24. The molecule has 26 heavy (non-hydrogen) atoms. The number of benzene rings is 2. The van der Waals surface area contributed by atoms with Gasteiger partial charge in [-0.25, -0.2) is 9.18 Å². The number of esters is 1. The zero-order valence-electron chi connectivity index (χ0n) is 15.3. The molecule has 0 heterocycles. The standard InChI is InChI=1S/C20H22FNO4/c1-12-9-13(2)19(14(3)10-12)25-11-18(23)26-15(4)20(24)22-17-7-5-16(21)6-8-17/h5-10,15H,11H2,1-4H3,(H,22,24)/t15-/m1/s1. The summed E-state index contributed by atoms with van der Waals surface area (Å²) in [6.07, 6.45) is -1.00. The highest BCUT2D eigenvalue weighted by Crippen LogP contribution is 2.24. The van der Waals surface area contributed by atoms with E-state index in [1.165, 1.54) is 31.2 Å². The van der Waals surface area contributed by atoms with Gasteiger partial charge in [0.2, 0.25) is 0 Å². The molecule has 0 aliphatic heterocycles. The Bertz CT molecular complexity index is 779. The molecule has 0 bridgehead atoms. The Labute approximate surface area is 152 Å². The van der Waals surface area contributed by atoms with E-state index in [1.54, 1.807) is 0 Å². The molecule has 0 aliphatic rings. The van der Waals surface area contributed by atoms with Gasteiger partial charge in [0.05, 0.1) is 0 Å². The van der Waals surface area contributed by atoms with Gasteiger partial charge in [0.25, 0.3) is 5.91 Å². The summed E-state index contributed by atoms with van der Waals surface area (Å²) in [5.74, 6) is -0.920. The van der Waals surface area contributed by atoms with Crippen LogP contribution in [0.25, 0.3) is 0 Å². The number of carbonyl (C=O) groups excluding carboxylic acids is 2. The van der Waals surface area contributed by atoms with Crippen LogP contribution in [0.5, 0.6) is 5.75 Å². The minimum atomic E-state index is -1.00. The van der Waals surface area contributed by atoms with Crippen LogP contribution in [0.1, 0.15) is 23.6 Å². The van der Waals surface area contributed by atoms with Crippen molar-refractivity contribution in [2.75, 3.05) is 11.9 Å². The molecule has 1 N–H and O–H groups in total. The van der Waals surface area contributed by atoms with Crippen LogP contribution in [0, 0.1) is 26.6 Å². The van der Waals surface area contributed by atoms with Crippen molar-refractivity contribution in [3.63, 3.8) is 0 Å². The second-order valence-electron chi connectivity index (χ2n) is 6.14. The number of aryl methyl sites for hydroxylation is 3. The maximum absolute atomic E-state index is 12.9. The lowest BCUT2D eigenvalue weighted by atomic mass is 10.1. The first-order valence-electron chi connectivity index (χ1n) is 8.23. The molecule has 0 radical (unpaired) electrons. The zero-order chi connectivity index (χ0) is 19.3. The molecule has 0 aromatic heterocycles. The number of nitrogens with one attached hydrogen (secondary N) is 1. The molecule has 6 heteroatoms. The highest BCUT2D eigenvalue weighted by Gasteiger charge is 2.19. The number of hydrogen-bond acceptors (Lipinski definition) is 4. The van der Waals surface area contributed by atoms with E-state index < -0.39 is 23.8 Å². The summed E-state index contributed by atoms with van der Waals surface area (Å²) in [6.45, 7) is 6.95. The molecule has 2 aromatic rings. The molecule has 2 rings (SSSR count). The van der Waals surface area contributed by atoms with E-state index in [-0.39, 0.29) is 6.61 Å². The molecular weight excluding hydrogens is 337 g/mol. The quantitative estimate of drug-likeness (QED) is 0.799. The highest BCUT2D eigenvalue weighted by molar-refractivity contribution is 5.95. The highest BCUT2D eigenvalue weighted by atomic mass is 19.1. The number of carbonyl (C=O) groups is 2. The van der Waals surface area contributed by atoms with E-state index in [1.807, 2.05) is 32.9 Å². The van der Waals surface area contributed by atoms with Gasteiger partial charge in [0, 0.05) is 5.69 Å². The van der Waals surface area contributed by atoms with Crippen molar-refractivity contribution in [2.45, 2.75) is 33.8 Å². The molecule has 0 aliphatic carbocycles. The molecule has 0 saturated heterocycles. The monoisotopic (exact) mass is 359 g/mol. The second-order valence-corrected chi connectivity index (χ2v) is 6.14. The molecule has 0 spiro atoms. The molecule has 1 amide bonds. The number of hydrogen-bond donors (Lipinski definition) is 1. The maximum Gasteiger partial charge on any atom is 0.344 e. The lowest BCUT2D eigenvalue weighted by Crippen LogP contribution is -2.31. The van der Waals surface area contributed by atoms with Crippen LogP contribution in [0.2, 0.25) is 0 Å². The summed E-state index contributed by atoms with van der Waals surface area (Å²) in [7, 11) is 0. The van der Waals surface area contributed by atoms with E-state index in [9.17, 15) is 14.0 Å². The molecule has 2 aromatic carbocycles. The summed E-state index contributed by atoms with van der Waals surface area (Å²) >= 11 is 0. The Hall–Kier alpha value is -2.89. The minimum Gasteiger partial charge on any atom is -0.481 e. The van der Waals surface area contributed by atoms with Crippen LogP contribution >= 0.6 is 0 Å². The van der Waals surface area contributed by atoms with Crippen molar-refractivity contribution in [2.24, 2.45) is 0 Å². The lowest BCUT2D eigenvalue weighted by Gasteiger charge is -2.15. The van der Waals surface area contributed by atoms with E-state index in [2.05, 4.69) is 5.32 Å². The molecule has 0 saturated carbocycles. The fraction of sp³-hybridized carbons (Fsp3) is 0.300. The third-order valence-corrected chi connectivity index (χ3v) is 3.73. The largest absolute Gasteiger partial charge is 0.481 e. The fourth-order valence-electron chi connectivity index (χ4n) is 2.59. The van der Waals surface area contributed by atoms with Gasteiger partial charge in [-0.15, -0.1) is 0 Å². The first-order chi connectivity index (χ1) is 12.3. The predicted molar refractivity (Wildman–Crippen MR) is 96.7 cm³/mol. The Morgan fingerprint density at radius 1 is 1.08 bits per heavy atom. The first-order valence-corrected chi connectivity index (χ1v) is 8.23. The number of ether oxygens (including phenoxy) is 2. The molecule has 1 atom stereocenters. The number of rotatable bonds is 6. The molecule has 5 nitrogen and oxygen atoms in total. The average Bonchev–Trinajstić information content (AvgIpc) is 2.55. The SMILES string of the molecule is Cc1cc(C)c(OCC(=O)O[C@H](C)C(=O)Nc2ccc(F)cc2)c(C)c1. The van der Waals surface area contributed by atoms with Crippen LogP contribution < -0.4 is 10.1 Å². The van der Waals surface area contributed by atoms with Crippen LogP contribution in [0.3, 0.4) is 0 Å². The van der Waals surface area contributed by atoms with E-state index >= 15 is 0 Å². The van der Waals surface area contributed by atoms with Crippen molar-refractivity contribution in [3.8, 4) is 5.75 Å². The van der Waals surface area contributed by atoms with Gasteiger partial charge >= 0.3 is 5.97 Å². The minimum absolute atomic E-state index is 0.293. The van der Waals surface area contributed by atoms with Gasteiger partial charge in [-0.3, -0.25) is 4.79 Å². The first kappa shape index (κ1) is 19.4. The molecule has 0 fully saturated rings. The molecular formula is C20H22FNO4. The number of anilines is 1. The van der Waals surface area contributed by atoms with Crippen LogP contribution in [0.15, 0.2) is 36.4 Å². The van der Waals surface area contributed by atoms with Crippen molar-refractivity contribution in [1.82, 2.24) is 0 Å². The van der Waals surface area contributed by atoms with Crippen molar-refractivity contribution in [3.05, 3.63) is 58.9 Å². The van der Waals surface area contributed by atoms with Crippen molar-refractivity contribution >= 4 is 17.6 Å².